The summed E-state index contributed by atoms with van der Waals surface area (Å²) >= 11 is 0. The van der Waals surface area contributed by atoms with E-state index in [1.165, 1.54) is 0 Å². The molecule has 0 unspecified atom stereocenters. The predicted molar refractivity (Wildman–Crippen MR) is 60.8 cm³/mol. The molecule has 2 heterocycles. The van der Waals surface area contributed by atoms with E-state index in [1.807, 2.05) is 0 Å². The highest BCUT2D eigenvalue weighted by atomic mass is 16.5. The number of carboxylic acids is 1. The monoisotopic (exact) mass is 262 g/mol. The lowest BCUT2D eigenvalue weighted by Gasteiger charge is -2.01. The Labute approximate surface area is 106 Å². The molecule has 0 amide bonds. The lowest BCUT2D eigenvalue weighted by atomic mass is 10.4. The van der Waals surface area contributed by atoms with Crippen LogP contribution in [0.4, 0.5) is 0 Å². The standard InChI is InChI=1S/C11H10N4O4/c16-9-4-3-7(11(17)18)13-15(9)5-8-12-10(14-19-8)6-1-2-6/h3-4,6H,1-2,5H2,(H,17,18). The van der Waals surface area contributed by atoms with Crippen LogP contribution in [-0.2, 0) is 6.54 Å². The Morgan fingerprint density at radius 3 is 2.95 bits per heavy atom. The van der Waals surface area contributed by atoms with Crippen LogP contribution in [-0.4, -0.2) is 31.0 Å². The van der Waals surface area contributed by atoms with Crippen molar-refractivity contribution in [1.29, 1.82) is 0 Å². The molecular weight excluding hydrogens is 252 g/mol. The minimum Gasteiger partial charge on any atom is -0.476 e. The average molecular weight is 262 g/mol. The molecule has 1 aliphatic carbocycles. The van der Waals surface area contributed by atoms with E-state index in [0.29, 0.717) is 11.7 Å². The maximum absolute atomic E-state index is 11.6. The van der Waals surface area contributed by atoms with Crippen LogP contribution in [0.25, 0.3) is 0 Å². The fraction of sp³-hybridized carbons (Fsp3) is 0.364. The number of rotatable bonds is 4. The van der Waals surface area contributed by atoms with Gasteiger partial charge in [-0.3, -0.25) is 4.79 Å². The Kier molecular flexibility index (Phi) is 2.62. The second-order valence-electron chi connectivity index (χ2n) is 4.34. The molecular formula is C11H10N4O4. The van der Waals surface area contributed by atoms with Crippen molar-refractivity contribution in [3.05, 3.63) is 39.9 Å². The number of aromatic nitrogens is 4. The maximum atomic E-state index is 11.6. The lowest BCUT2D eigenvalue weighted by molar-refractivity contribution is 0.0687. The van der Waals surface area contributed by atoms with Crippen molar-refractivity contribution in [3.63, 3.8) is 0 Å². The van der Waals surface area contributed by atoms with Gasteiger partial charge in [0, 0.05) is 12.0 Å². The minimum atomic E-state index is -1.20. The Balaban J connectivity index is 1.86. The van der Waals surface area contributed by atoms with Crippen molar-refractivity contribution in [2.45, 2.75) is 25.3 Å². The van der Waals surface area contributed by atoms with Crippen LogP contribution in [0.2, 0.25) is 0 Å². The number of hydrogen-bond donors (Lipinski definition) is 1. The summed E-state index contributed by atoms with van der Waals surface area (Å²) in [6.45, 7) is -0.0281. The molecule has 19 heavy (non-hydrogen) atoms. The van der Waals surface area contributed by atoms with Crippen LogP contribution in [0.15, 0.2) is 21.5 Å². The number of carboxylic acid groups (broad SMARTS) is 1. The van der Waals surface area contributed by atoms with Crippen molar-refractivity contribution < 1.29 is 14.4 Å². The zero-order valence-electron chi connectivity index (χ0n) is 9.81. The van der Waals surface area contributed by atoms with Crippen molar-refractivity contribution >= 4 is 5.97 Å². The molecule has 98 valence electrons. The van der Waals surface area contributed by atoms with Gasteiger partial charge in [-0.05, 0) is 18.9 Å². The predicted octanol–water partition coefficient (Wildman–Crippen LogP) is 0.250. The van der Waals surface area contributed by atoms with Gasteiger partial charge < -0.3 is 9.63 Å². The summed E-state index contributed by atoms with van der Waals surface area (Å²) in [5, 5.41) is 16.4. The van der Waals surface area contributed by atoms with E-state index < -0.39 is 11.5 Å². The summed E-state index contributed by atoms with van der Waals surface area (Å²) in [6, 6.07) is 2.30. The van der Waals surface area contributed by atoms with Crippen LogP contribution < -0.4 is 5.56 Å². The van der Waals surface area contributed by atoms with Crippen molar-refractivity contribution in [3.8, 4) is 0 Å². The third kappa shape index (κ3) is 2.37. The second-order valence-corrected chi connectivity index (χ2v) is 4.34. The van der Waals surface area contributed by atoms with Gasteiger partial charge in [-0.25, -0.2) is 9.48 Å². The number of aromatic carboxylic acids is 1. The first kappa shape index (κ1) is 11.6. The minimum absolute atomic E-state index is 0.0281. The molecule has 0 radical (unpaired) electrons. The first-order chi connectivity index (χ1) is 9.13. The molecule has 1 aliphatic rings. The smallest absolute Gasteiger partial charge is 0.356 e. The lowest BCUT2D eigenvalue weighted by Crippen LogP contribution is -2.25. The quantitative estimate of drug-likeness (QED) is 0.840. The molecule has 0 spiro atoms. The molecule has 2 aromatic heterocycles. The molecule has 8 nitrogen and oxygen atoms in total. The van der Waals surface area contributed by atoms with Gasteiger partial charge >= 0.3 is 5.97 Å². The fourth-order valence-electron chi connectivity index (χ4n) is 1.64. The van der Waals surface area contributed by atoms with E-state index in [4.69, 9.17) is 9.63 Å². The van der Waals surface area contributed by atoms with Gasteiger partial charge in [0.05, 0.1) is 0 Å². The first-order valence-corrected chi connectivity index (χ1v) is 5.77. The van der Waals surface area contributed by atoms with Crippen molar-refractivity contribution in [2.24, 2.45) is 0 Å². The molecule has 2 aromatic rings. The van der Waals surface area contributed by atoms with Crippen LogP contribution >= 0.6 is 0 Å². The van der Waals surface area contributed by atoms with E-state index in [9.17, 15) is 9.59 Å². The summed E-state index contributed by atoms with van der Waals surface area (Å²) in [4.78, 5) is 26.5. The largest absolute Gasteiger partial charge is 0.476 e. The normalized spacial score (nSPS) is 14.5. The first-order valence-electron chi connectivity index (χ1n) is 5.77. The summed E-state index contributed by atoms with van der Waals surface area (Å²) in [5.74, 6) is 0.0435. The highest BCUT2D eigenvalue weighted by molar-refractivity contribution is 5.84. The molecule has 8 heteroatoms. The van der Waals surface area contributed by atoms with E-state index in [2.05, 4.69) is 15.2 Å². The highest BCUT2D eigenvalue weighted by Crippen LogP contribution is 2.38. The number of nitrogens with zero attached hydrogens (tertiary/aromatic N) is 4. The van der Waals surface area contributed by atoms with Gasteiger partial charge in [-0.1, -0.05) is 5.16 Å². The van der Waals surface area contributed by atoms with E-state index in [0.717, 1.165) is 29.7 Å². The van der Waals surface area contributed by atoms with Crippen molar-refractivity contribution in [1.82, 2.24) is 19.9 Å². The third-order valence-corrected chi connectivity index (χ3v) is 2.80. The summed E-state index contributed by atoms with van der Waals surface area (Å²) in [6.07, 6.45) is 2.09. The average Bonchev–Trinajstić information content (AvgIpc) is 3.13. The SMILES string of the molecule is O=C(O)c1ccc(=O)n(Cc2nc(C3CC3)no2)n1. The van der Waals surface area contributed by atoms with Gasteiger partial charge in [0.15, 0.2) is 11.5 Å². The van der Waals surface area contributed by atoms with Gasteiger partial charge in [-0.2, -0.15) is 10.1 Å². The van der Waals surface area contributed by atoms with E-state index in [1.54, 1.807) is 0 Å². The molecule has 0 aliphatic heterocycles. The number of hydrogen-bond acceptors (Lipinski definition) is 6. The molecule has 0 saturated heterocycles. The summed E-state index contributed by atoms with van der Waals surface area (Å²) in [7, 11) is 0. The van der Waals surface area contributed by atoms with Crippen LogP contribution in [0.5, 0.6) is 0 Å². The van der Waals surface area contributed by atoms with Gasteiger partial charge in [0.2, 0.25) is 5.89 Å². The fourth-order valence-corrected chi connectivity index (χ4v) is 1.64. The van der Waals surface area contributed by atoms with Crippen molar-refractivity contribution in [2.75, 3.05) is 0 Å². The zero-order valence-corrected chi connectivity index (χ0v) is 9.81. The topological polar surface area (TPSA) is 111 Å². The Bertz CT molecular complexity index is 686. The molecule has 1 N–H and O–H groups in total. The third-order valence-electron chi connectivity index (χ3n) is 2.80. The molecule has 1 saturated carbocycles. The summed E-state index contributed by atoms with van der Waals surface area (Å²) in [5.41, 5.74) is -0.627. The molecule has 1 fully saturated rings. The maximum Gasteiger partial charge on any atom is 0.356 e. The van der Waals surface area contributed by atoms with Crippen LogP contribution in [0.3, 0.4) is 0 Å². The zero-order chi connectivity index (χ0) is 13.4. The molecule has 0 atom stereocenters. The molecule has 0 aromatic carbocycles. The van der Waals surface area contributed by atoms with E-state index in [-0.39, 0.29) is 18.1 Å². The summed E-state index contributed by atoms with van der Waals surface area (Å²) < 4.78 is 6.01. The Morgan fingerprint density at radius 2 is 2.26 bits per heavy atom. The second kappa shape index (κ2) is 4.30. The highest BCUT2D eigenvalue weighted by Gasteiger charge is 2.28. The number of carbonyl (C=O) groups is 1. The van der Waals surface area contributed by atoms with Gasteiger partial charge in [0.25, 0.3) is 5.56 Å². The van der Waals surface area contributed by atoms with Gasteiger partial charge in [-0.15, -0.1) is 0 Å². The van der Waals surface area contributed by atoms with E-state index >= 15 is 0 Å². The molecule has 0 bridgehead atoms. The van der Waals surface area contributed by atoms with Gasteiger partial charge in [0.1, 0.15) is 6.54 Å². The Morgan fingerprint density at radius 1 is 1.47 bits per heavy atom. The molecule has 3 rings (SSSR count). The van der Waals surface area contributed by atoms with Crippen LogP contribution in [0.1, 0.15) is 41.0 Å². The van der Waals surface area contributed by atoms with Crippen LogP contribution in [0, 0.1) is 0 Å². The Hall–Kier alpha value is -2.51.